The number of amides is 1. The first-order chi connectivity index (χ1) is 36.8. The number of methoxy groups -OCH3 is 1. The van der Waals surface area contributed by atoms with Gasteiger partial charge in [-0.15, -0.1) is 5.54 Å². The molecule has 5 heterocycles. The summed E-state index contributed by atoms with van der Waals surface area (Å²) in [6.07, 6.45) is 5.45. The molecule has 1 amide bonds. The molecule has 1 N–H and O–H groups in total. The minimum absolute atomic E-state index is 0.00885. The van der Waals surface area contributed by atoms with E-state index in [9.17, 15) is 9.59 Å². The second-order valence-electron chi connectivity index (χ2n) is 22.2. The number of carbonyl (C=O) groups excluding carboxylic acids is 1. The highest BCUT2D eigenvalue weighted by molar-refractivity contribution is 6.90. The molecule has 3 fully saturated rings. The quantitative estimate of drug-likeness (QED) is 0.0272. The predicted molar refractivity (Wildman–Crippen MR) is 293 cm³/mol. The number of piperazine rings is 1. The molecule has 3 atom stereocenters. The highest BCUT2D eigenvalue weighted by atomic mass is 28.3. The molecule has 2 aromatic heterocycles. The van der Waals surface area contributed by atoms with Gasteiger partial charge in [-0.05, 0) is 99.6 Å². The molecule has 0 aliphatic carbocycles. The van der Waals surface area contributed by atoms with Crippen LogP contribution in [0.4, 0.5) is 19.4 Å². The highest BCUT2D eigenvalue weighted by Crippen LogP contribution is 2.43. The maximum absolute atomic E-state index is 18.1. The maximum Gasteiger partial charge on any atom is 0.410 e. The smallest absolute Gasteiger partial charge is 0.410 e. The van der Waals surface area contributed by atoms with Gasteiger partial charge in [0.2, 0.25) is 0 Å². The zero-order valence-electron chi connectivity index (χ0n) is 46.8. The highest BCUT2D eigenvalue weighted by Gasteiger charge is 2.46. The number of fused-ring (bicyclic) bond motifs is 4. The van der Waals surface area contributed by atoms with Gasteiger partial charge in [0.1, 0.15) is 55.5 Å². The van der Waals surface area contributed by atoms with Crippen molar-refractivity contribution in [2.45, 2.75) is 135 Å². The van der Waals surface area contributed by atoms with Gasteiger partial charge in [-0.3, -0.25) is 14.8 Å². The van der Waals surface area contributed by atoms with E-state index in [1.807, 2.05) is 25.7 Å². The van der Waals surface area contributed by atoms with Gasteiger partial charge in [0.25, 0.3) is 0 Å². The summed E-state index contributed by atoms with van der Waals surface area (Å²) >= 11 is 0. The van der Waals surface area contributed by atoms with Crippen molar-refractivity contribution >= 4 is 47.6 Å². The van der Waals surface area contributed by atoms with Crippen LogP contribution in [-0.4, -0.2) is 173 Å². The van der Waals surface area contributed by atoms with Gasteiger partial charge in [-0.1, -0.05) is 53.5 Å². The van der Waals surface area contributed by atoms with Crippen LogP contribution in [-0.2, 0) is 33.2 Å². The van der Waals surface area contributed by atoms with Gasteiger partial charge in [-0.2, -0.15) is 9.97 Å². The lowest BCUT2D eigenvalue weighted by Crippen LogP contribution is -2.57. The molecule has 422 valence electrons. The van der Waals surface area contributed by atoms with E-state index < -0.39 is 31.3 Å². The number of ether oxygens (including phenoxy) is 8. The number of aromatic nitrogens is 3. The average molecular weight is 1090 g/mol. The van der Waals surface area contributed by atoms with Crippen LogP contribution in [0.5, 0.6) is 11.8 Å². The number of carboxylic acids is 1. The predicted octanol–water partition coefficient (Wildman–Crippen LogP) is 9.65. The van der Waals surface area contributed by atoms with E-state index in [1.54, 1.807) is 24.4 Å². The van der Waals surface area contributed by atoms with E-state index in [0.29, 0.717) is 97.1 Å². The van der Waals surface area contributed by atoms with Crippen LogP contribution in [0.2, 0.25) is 16.6 Å². The number of nitrogens with zero attached hydrogens (tertiary/aromatic N) is 6. The van der Waals surface area contributed by atoms with Crippen molar-refractivity contribution < 1.29 is 61.4 Å². The van der Waals surface area contributed by atoms with Crippen LogP contribution in [0.1, 0.15) is 100.0 Å². The Bertz CT molecular complexity index is 2680. The number of halogens is 2. The number of carboxylic acid groups (broad SMARTS) is 1. The fraction of sp³-hybridized carbons (Fsp3) is 0.632. The van der Waals surface area contributed by atoms with E-state index in [2.05, 4.69) is 62.8 Å². The molecular formula is C57H80F2N6O11Si. The number of hydrogen-bond donors (Lipinski definition) is 1. The summed E-state index contributed by atoms with van der Waals surface area (Å²) in [5, 5.41) is 10.0. The first kappa shape index (κ1) is 59.4. The van der Waals surface area contributed by atoms with Crippen molar-refractivity contribution in [3.8, 4) is 34.5 Å². The summed E-state index contributed by atoms with van der Waals surface area (Å²) in [6, 6.07) is 6.22. The van der Waals surface area contributed by atoms with Crippen molar-refractivity contribution in [2.24, 2.45) is 0 Å². The van der Waals surface area contributed by atoms with E-state index in [-0.39, 0.29) is 79.2 Å². The monoisotopic (exact) mass is 1090 g/mol. The average Bonchev–Trinajstić information content (AvgIpc) is 3.96. The normalized spacial score (nSPS) is 18.0. The molecule has 77 heavy (non-hydrogen) atoms. The third-order valence-electron chi connectivity index (χ3n) is 14.9. The summed E-state index contributed by atoms with van der Waals surface area (Å²) in [5.74, 6) is 1.90. The standard InChI is InChI=1S/C57H80F2N6O11Si/c1-37(2)77(38(3)4,39(5)6)28-18-45-48(58)17-14-40-29-44(75-36-69-10)30-46(50(40)45)52-51(59)53-47(31-60-52)54(64-32-41-15-16-42(33-64)65(41)56(68)76-57(7,8)9)62-55(61-53)74-34-43-13-11-19-63(43)20-12-21-70-22-23-71-24-25-72-26-27-73-35-49(66)67/h14,17,29-31,37-39,41-43H,11-13,15-16,19-27,32-36H2,1-10H3,(H,66,67)/t41?,42?,43-/m0/s1. The first-order valence-electron chi connectivity index (χ1n) is 27.3. The molecular weight excluding hydrogens is 1010 g/mol. The SMILES string of the molecule is COCOc1cc(-c2ncc3c(N4CC5CCC(C4)N5C(=O)OC(C)(C)C)nc(OC[C@@H]4CCCN4CCCOCCOCCOCCOCC(=O)O)nc3c2F)c2c(C#C[Si](C(C)C)(C(C)C)C(C)C)c(F)ccc2c1. The third-order valence-corrected chi connectivity index (χ3v) is 21.2. The van der Waals surface area contributed by atoms with Gasteiger partial charge >= 0.3 is 18.1 Å². The second kappa shape index (κ2) is 27.1. The van der Waals surface area contributed by atoms with Crippen molar-refractivity contribution in [2.75, 3.05) is 104 Å². The number of rotatable bonds is 26. The molecule has 3 aliphatic rings. The van der Waals surface area contributed by atoms with Gasteiger partial charge < -0.3 is 47.9 Å². The Kier molecular flexibility index (Phi) is 20.9. The zero-order valence-corrected chi connectivity index (χ0v) is 47.8. The van der Waals surface area contributed by atoms with Gasteiger partial charge in [0, 0.05) is 56.5 Å². The molecule has 0 saturated carbocycles. The first-order valence-corrected chi connectivity index (χ1v) is 29.5. The maximum atomic E-state index is 18.1. The van der Waals surface area contributed by atoms with Crippen LogP contribution < -0.4 is 14.4 Å². The number of hydrogen-bond acceptors (Lipinski definition) is 15. The summed E-state index contributed by atoms with van der Waals surface area (Å²) in [5.41, 5.74) is 4.29. The van der Waals surface area contributed by atoms with Crippen LogP contribution in [0, 0.1) is 23.1 Å². The van der Waals surface area contributed by atoms with Crippen molar-refractivity contribution in [3.05, 3.63) is 47.7 Å². The molecule has 4 aromatic rings. The summed E-state index contributed by atoms with van der Waals surface area (Å²) in [4.78, 5) is 45.0. The number of benzene rings is 2. The number of anilines is 1. The lowest BCUT2D eigenvalue weighted by Gasteiger charge is -2.42. The van der Waals surface area contributed by atoms with Crippen LogP contribution in [0.25, 0.3) is 32.9 Å². The molecule has 2 bridgehead atoms. The fourth-order valence-electron chi connectivity index (χ4n) is 11.5. The number of likely N-dealkylation sites (tertiary alicyclic amines) is 1. The number of pyridine rings is 1. The fourth-order valence-corrected chi connectivity index (χ4v) is 16.7. The van der Waals surface area contributed by atoms with Crippen LogP contribution in [0.15, 0.2) is 30.5 Å². The number of carbonyl (C=O) groups is 2. The lowest BCUT2D eigenvalue weighted by molar-refractivity contribution is -0.142. The Morgan fingerprint density at radius 3 is 2.13 bits per heavy atom. The Balaban J connectivity index is 1.17. The minimum Gasteiger partial charge on any atom is -0.480 e. The van der Waals surface area contributed by atoms with Gasteiger partial charge in [0.15, 0.2) is 12.6 Å². The van der Waals surface area contributed by atoms with E-state index in [4.69, 9.17) is 58.0 Å². The van der Waals surface area contributed by atoms with Gasteiger partial charge in [-0.25, -0.2) is 18.4 Å². The molecule has 7 rings (SSSR count). The topological polar surface area (TPSA) is 177 Å². The molecule has 20 heteroatoms. The van der Waals surface area contributed by atoms with Gasteiger partial charge in [0.05, 0.1) is 62.7 Å². The summed E-state index contributed by atoms with van der Waals surface area (Å²) < 4.78 is 79.9. The third kappa shape index (κ3) is 14.7. The van der Waals surface area contributed by atoms with E-state index in [1.165, 1.54) is 13.2 Å². The molecule has 17 nitrogen and oxygen atoms in total. The molecule has 3 aliphatic heterocycles. The second-order valence-corrected chi connectivity index (χ2v) is 27.7. The molecule has 0 spiro atoms. The van der Waals surface area contributed by atoms with E-state index in [0.717, 1.165) is 45.2 Å². The Labute approximate surface area is 453 Å². The van der Waals surface area contributed by atoms with E-state index >= 15 is 8.78 Å². The molecule has 3 saturated heterocycles. The lowest BCUT2D eigenvalue weighted by atomic mass is 9.95. The molecule has 2 unspecified atom stereocenters. The van der Waals surface area contributed by atoms with Crippen molar-refractivity contribution in [1.29, 1.82) is 0 Å². The Morgan fingerprint density at radius 1 is 0.857 bits per heavy atom. The minimum atomic E-state index is -2.35. The van der Waals surface area contributed by atoms with Crippen LogP contribution >= 0.6 is 0 Å². The summed E-state index contributed by atoms with van der Waals surface area (Å²) in [7, 11) is -0.832. The number of aliphatic carboxylic acids is 1. The van der Waals surface area contributed by atoms with Crippen molar-refractivity contribution in [3.63, 3.8) is 0 Å². The van der Waals surface area contributed by atoms with Crippen LogP contribution in [0.3, 0.4) is 0 Å². The molecule has 0 radical (unpaired) electrons. The molecule has 2 aromatic carbocycles. The largest absolute Gasteiger partial charge is 0.480 e. The zero-order chi connectivity index (χ0) is 55.4. The Hall–Kier alpha value is -5.27. The summed E-state index contributed by atoms with van der Waals surface area (Å²) in [6.45, 7) is 23.8. The Morgan fingerprint density at radius 2 is 1.51 bits per heavy atom. The van der Waals surface area contributed by atoms with Crippen molar-refractivity contribution in [1.82, 2.24) is 24.8 Å².